The average Bonchev–Trinajstić information content (AvgIpc) is 2.91. The third-order valence-electron chi connectivity index (χ3n) is 3.89. The Labute approximate surface area is 147 Å². The first-order valence-corrected chi connectivity index (χ1v) is 7.34. The molecule has 2 aliphatic heterocycles. The molecule has 2 heterocycles. The van der Waals surface area contributed by atoms with Crippen LogP contribution in [0.25, 0.3) is 0 Å². The second kappa shape index (κ2) is 7.96. The van der Waals surface area contributed by atoms with Gasteiger partial charge in [0, 0.05) is 38.9 Å². The lowest BCUT2D eigenvalue weighted by Gasteiger charge is -2.31. The number of nitrogens with zero attached hydrogens (tertiary/aromatic N) is 3. The van der Waals surface area contributed by atoms with Crippen molar-refractivity contribution in [2.24, 2.45) is 4.99 Å². The largest absolute Gasteiger partial charge is 0.378 e. The summed E-state index contributed by atoms with van der Waals surface area (Å²) in [5, 5.41) is 3.31. The minimum atomic E-state index is -0.203. The Morgan fingerprint density at radius 2 is 2.05 bits per heavy atom. The van der Waals surface area contributed by atoms with Crippen LogP contribution < -0.4 is 10.2 Å². The van der Waals surface area contributed by atoms with Gasteiger partial charge in [-0.2, -0.15) is 0 Å². The molecule has 0 aromatic heterocycles. The van der Waals surface area contributed by atoms with Gasteiger partial charge in [0.05, 0.1) is 19.8 Å². The summed E-state index contributed by atoms with van der Waals surface area (Å²) in [6, 6.07) is 4.98. The van der Waals surface area contributed by atoms with Crippen LogP contribution in [0, 0.1) is 5.82 Å². The Balaban J connectivity index is 0.00000176. The Morgan fingerprint density at radius 1 is 1.27 bits per heavy atom. The Bertz CT molecular complexity index is 534. The molecule has 0 atom stereocenters. The van der Waals surface area contributed by atoms with E-state index in [1.165, 1.54) is 6.07 Å². The topological polar surface area (TPSA) is 40.1 Å². The number of ether oxygens (including phenoxy) is 1. The van der Waals surface area contributed by atoms with E-state index >= 15 is 0 Å². The standard InChI is InChI=1S/C15H21FN4O.HI/c1-19-5-4-17-15(19)18-11-12-10-13(16)2-3-14(12)20-6-8-21-9-7-20;/h2-3,10H,4-9,11H2,1H3,(H,17,18);1H. The smallest absolute Gasteiger partial charge is 0.194 e. The number of rotatable bonds is 3. The molecule has 1 N–H and O–H groups in total. The second-order valence-corrected chi connectivity index (χ2v) is 5.35. The molecule has 122 valence electrons. The van der Waals surface area contributed by atoms with Crippen LogP contribution in [0.3, 0.4) is 0 Å². The number of halogens is 2. The van der Waals surface area contributed by atoms with E-state index in [-0.39, 0.29) is 29.8 Å². The Morgan fingerprint density at radius 3 is 2.73 bits per heavy atom. The van der Waals surface area contributed by atoms with Crippen molar-refractivity contribution in [2.75, 3.05) is 51.3 Å². The summed E-state index contributed by atoms with van der Waals surface area (Å²) in [5.41, 5.74) is 2.04. The molecule has 1 aromatic rings. The lowest BCUT2D eigenvalue weighted by molar-refractivity contribution is 0.122. The number of nitrogens with one attached hydrogen (secondary N) is 1. The molecule has 0 saturated carbocycles. The van der Waals surface area contributed by atoms with Gasteiger partial charge in [-0.15, -0.1) is 24.0 Å². The van der Waals surface area contributed by atoms with E-state index in [0.29, 0.717) is 6.54 Å². The minimum Gasteiger partial charge on any atom is -0.378 e. The summed E-state index contributed by atoms with van der Waals surface area (Å²) in [6.07, 6.45) is 0. The van der Waals surface area contributed by atoms with Crippen molar-refractivity contribution in [2.45, 2.75) is 6.54 Å². The molecule has 1 aromatic carbocycles. The van der Waals surface area contributed by atoms with E-state index < -0.39 is 0 Å². The number of hydrogen-bond donors (Lipinski definition) is 1. The molecule has 0 bridgehead atoms. The van der Waals surface area contributed by atoms with Gasteiger partial charge in [-0.05, 0) is 23.8 Å². The molecule has 0 aliphatic carbocycles. The number of morpholine rings is 1. The van der Waals surface area contributed by atoms with E-state index in [2.05, 4.69) is 20.1 Å². The minimum absolute atomic E-state index is 0. The number of likely N-dealkylation sites (N-methyl/N-ethyl adjacent to an activating group) is 1. The van der Waals surface area contributed by atoms with Crippen LogP contribution in [0.1, 0.15) is 5.56 Å². The van der Waals surface area contributed by atoms with Crippen LogP contribution in [0.5, 0.6) is 0 Å². The monoisotopic (exact) mass is 420 g/mol. The predicted molar refractivity (Wildman–Crippen MR) is 96.6 cm³/mol. The molecule has 0 unspecified atom stereocenters. The molecule has 3 rings (SSSR count). The van der Waals surface area contributed by atoms with E-state index in [4.69, 9.17) is 4.74 Å². The van der Waals surface area contributed by atoms with Gasteiger partial charge < -0.3 is 19.9 Å². The van der Waals surface area contributed by atoms with Crippen LogP contribution in [-0.4, -0.2) is 57.3 Å². The lowest BCUT2D eigenvalue weighted by atomic mass is 10.1. The Hall–Kier alpha value is -1.09. The maximum Gasteiger partial charge on any atom is 0.194 e. The molecule has 22 heavy (non-hydrogen) atoms. The maximum atomic E-state index is 13.6. The maximum absolute atomic E-state index is 13.6. The zero-order valence-electron chi connectivity index (χ0n) is 12.7. The first-order valence-electron chi connectivity index (χ1n) is 7.34. The van der Waals surface area contributed by atoms with Gasteiger partial charge in [-0.25, -0.2) is 4.39 Å². The quantitative estimate of drug-likeness (QED) is 0.756. The first kappa shape index (κ1) is 17.3. The number of aliphatic imine (C=N–C) groups is 1. The molecule has 0 amide bonds. The van der Waals surface area contributed by atoms with E-state index in [9.17, 15) is 4.39 Å². The first-order chi connectivity index (χ1) is 10.2. The SMILES string of the molecule is CN1CCN=C1NCc1cc(F)ccc1N1CCOCC1.I. The van der Waals surface area contributed by atoms with Crippen LogP contribution >= 0.6 is 24.0 Å². The zero-order chi connectivity index (χ0) is 14.7. The van der Waals surface area contributed by atoms with Crippen LogP contribution in [0.4, 0.5) is 10.1 Å². The Kier molecular flexibility index (Phi) is 6.25. The van der Waals surface area contributed by atoms with Crippen LogP contribution in [0.15, 0.2) is 23.2 Å². The van der Waals surface area contributed by atoms with Gasteiger partial charge >= 0.3 is 0 Å². The molecular formula is C15H22FIN4O. The molecule has 2 aliphatic rings. The number of anilines is 1. The summed E-state index contributed by atoms with van der Waals surface area (Å²) in [5.74, 6) is 0.678. The molecule has 1 fully saturated rings. The van der Waals surface area contributed by atoms with Crippen molar-refractivity contribution >= 4 is 35.6 Å². The molecule has 0 spiro atoms. The second-order valence-electron chi connectivity index (χ2n) is 5.35. The summed E-state index contributed by atoms with van der Waals surface area (Å²) in [6.45, 7) is 5.46. The molecule has 0 radical (unpaired) electrons. The van der Waals surface area contributed by atoms with Gasteiger partial charge in [0.25, 0.3) is 0 Å². The highest BCUT2D eigenvalue weighted by Crippen LogP contribution is 2.23. The lowest BCUT2D eigenvalue weighted by Crippen LogP contribution is -2.38. The van der Waals surface area contributed by atoms with Crippen molar-refractivity contribution in [3.63, 3.8) is 0 Å². The summed E-state index contributed by atoms with van der Waals surface area (Å²) in [4.78, 5) is 8.73. The fraction of sp³-hybridized carbons (Fsp3) is 0.533. The van der Waals surface area contributed by atoms with Gasteiger partial charge in [-0.3, -0.25) is 4.99 Å². The number of benzene rings is 1. The highest BCUT2D eigenvalue weighted by Gasteiger charge is 2.17. The normalized spacial score (nSPS) is 18.0. The summed E-state index contributed by atoms with van der Waals surface area (Å²) >= 11 is 0. The van der Waals surface area contributed by atoms with E-state index in [1.54, 1.807) is 6.07 Å². The fourth-order valence-corrected chi connectivity index (χ4v) is 2.71. The van der Waals surface area contributed by atoms with Crippen molar-refractivity contribution < 1.29 is 9.13 Å². The highest BCUT2D eigenvalue weighted by molar-refractivity contribution is 14.0. The fourth-order valence-electron chi connectivity index (χ4n) is 2.71. The average molecular weight is 420 g/mol. The van der Waals surface area contributed by atoms with Crippen molar-refractivity contribution in [3.05, 3.63) is 29.6 Å². The number of hydrogen-bond acceptors (Lipinski definition) is 5. The number of guanidine groups is 1. The van der Waals surface area contributed by atoms with Crippen molar-refractivity contribution in [3.8, 4) is 0 Å². The van der Waals surface area contributed by atoms with E-state index in [0.717, 1.165) is 56.6 Å². The third kappa shape index (κ3) is 4.01. The van der Waals surface area contributed by atoms with Crippen LogP contribution in [-0.2, 0) is 11.3 Å². The van der Waals surface area contributed by atoms with Gasteiger partial charge in [-0.1, -0.05) is 0 Å². The summed E-state index contributed by atoms with van der Waals surface area (Å²) < 4.78 is 19.0. The third-order valence-corrected chi connectivity index (χ3v) is 3.89. The predicted octanol–water partition coefficient (Wildman–Crippen LogP) is 1.67. The zero-order valence-corrected chi connectivity index (χ0v) is 15.0. The van der Waals surface area contributed by atoms with Gasteiger partial charge in [0.2, 0.25) is 0 Å². The van der Waals surface area contributed by atoms with Crippen LogP contribution in [0.2, 0.25) is 0 Å². The van der Waals surface area contributed by atoms with E-state index in [1.807, 2.05) is 13.1 Å². The summed E-state index contributed by atoms with van der Waals surface area (Å²) in [7, 11) is 2.01. The molecule has 7 heteroatoms. The van der Waals surface area contributed by atoms with Gasteiger partial charge in [0.1, 0.15) is 5.82 Å². The molecule has 5 nitrogen and oxygen atoms in total. The molecular weight excluding hydrogens is 398 g/mol. The molecule has 1 saturated heterocycles. The van der Waals surface area contributed by atoms with Crippen molar-refractivity contribution in [1.82, 2.24) is 10.2 Å². The van der Waals surface area contributed by atoms with Crippen molar-refractivity contribution in [1.29, 1.82) is 0 Å². The van der Waals surface area contributed by atoms with Gasteiger partial charge in [0.15, 0.2) is 5.96 Å². The highest BCUT2D eigenvalue weighted by atomic mass is 127.